The van der Waals surface area contributed by atoms with Crippen molar-refractivity contribution in [2.45, 2.75) is 11.3 Å². The molecule has 0 radical (unpaired) electrons. The summed E-state index contributed by atoms with van der Waals surface area (Å²) in [7, 11) is -2.30. The number of fused-ring (bicyclic) bond motifs is 1. The summed E-state index contributed by atoms with van der Waals surface area (Å²) >= 11 is 0. The molecule has 0 unspecified atom stereocenters. The molecule has 1 aromatic heterocycles. The number of hydrogen-bond acceptors (Lipinski definition) is 5. The number of para-hydroxylation sites is 1. The second-order valence-electron chi connectivity index (χ2n) is 4.80. The average Bonchev–Trinajstić information content (AvgIpc) is 2.55. The maximum absolute atomic E-state index is 12.8. The van der Waals surface area contributed by atoms with Gasteiger partial charge in [-0.15, -0.1) is 0 Å². The van der Waals surface area contributed by atoms with Gasteiger partial charge in [0.25, 0.3) is 10.0 Å². The molecule has 2 heterocycles. The molecule has 0 saturated carbocycles. The van der Waals surface area contributed by atoms with Crippen LogP contribution < -0.4 is 9.04 Å². The van der Waals surface area contributed by atoms with Gasteiger partial charge in [-0.25, -0.2) is 13.4 Å². The van der Waals surface area contributed by atoms with E-state index in [-0.39, 0.29) is 23.6 Å². The monoisotopic (exact) mass is 318 g/mol. The lowest BCUT2D eigenvalue weighted by Crippen LogP contribution is -2.37. The summed E-state index contributed by atoms with van der Waals surface area (Å²) in [4.78, 5) is 15.9. The van der Waals surface area contributed by atoms with Gasteiger partial charge in [-0.05, 0) is 18.2 Å². The number of nitrogens with zero attached hydrogens (tertiary/aromatic N) is 2. The Morgan fingerprint density at radius 2 is 1.95 bits per heavy atom. The minimum atomic E-state index is -3.76. The Hall–Kier alpha value is -2.41. The van der Waals surface area contributed by atoms with Crippen LogP contribution in [0.1, 0.15) is 16.8 Å². The summed E-state index contributed by atoms with van der Waals surface area (Å²) in [5.41, 5.74) is 0.841. The van der Waals surface area contributed by atoms with Gasteiger partial charge in [-0.1, -0.05) is 12.1 Å². The van der Waals surface area contributed by atoms with Crippen LogP contribution in [0.3, 0.4) is 0 Å². The van der Waals surface area contributed by atoms with Gasteiger partial charge in [0.2, 0.25) is 5.88 Å². The Morgan fingerprint density at radius 3 is 2.64 bits per heavy atom. The molecule has 22 heavy (non-hydrogen) atoms. The number of rotatable bonds is 3. The first-order chi connectivity index (χ1) is 10.5. The van der Waals surface area contributed by atoms with Crippen LogP contribution in [0.5, 0.6) is 5.88 Å². The summed E-state index contributed by atoms with van der Waals surface area (Å²) in [5.74, 6) is 0.295. The minimum absolute atomic E-state index is 0.0464. The molecule has 7 heteroatoms. The second kappa shape index (κ2) is 5.42. The van der Waals surface area contributed by atoms with Crippen LogP contribution in [0.15, 0.2) is 47.5 Å². The fourth-order valence-electron chi connectivity index (χ4n) is 2.40. The molecule has 0 N–H and O–H groups in total. The molecule has 0 fully saturated rings. The van der Waals surface area contributed by atoms with Gasteiger partial charge in [0.1, 0.15) is 4.90 Å². The van der Waals surface area contributed by atoms with E-state index in [9.17, 15) is 13.2 Å². The molecular weight excluding hydrogens is 304 g/mol. The number of pyridine rings is 1. The Labute approximate surface area is 128 Å². The number of benzene rings is 1. The number of carbonyl (C=O) groups is 1. The van der Waals surface area contributed by atoms with Crippen LogP contribution >= 0.6 is 0 Å². The predicted molar refractivity (Wildman–Crippen MR) is 80.7 cm³/mol. The Bertz CT molecular complexity index is 816. The van der Waals surface area contributed by atoms with E-state index < -0.39 is 10.0 Å². The molecule has 0 saturated heterocycles. The minimum Gasteiger partial charge on any atom is -0.481 e. The third-order valence-corrected chi connectivity index (χ3v) is 5.32. The molecule has 3 rings (SSSR count). The third-order valence-electron chi connectivity index (χ3n) is 3.52. The van der Waals surface area contributed by atoms with Crippen LogP contribution in [0.2, 0.25) is 0 Å². The fourth-order valence-corrected chi connectivity index (χ4v) is 3.83. The summed E-state index contributed by atoms with van der Waals surface area (Å²) in [5, 5.41) is 0. The number of carbonyl (C=O) groups excluding carboxylic acids is 1. The van der Waals surface area contributed by atoms with Crippen molar-refractivity contribution in [3.05, 3.63) is 48.2 Å². The number of hydrogen-bond donors (Lipinski definition) is 0. The van der Waals surface area contributed by atoms with E-state index in [1.165, 1.54) is 29.7 Å². The van der Waals surface area contributed by atoms with Gasteiger partial charge < -0.3 is 4.74 Å². The Balaban J connectivity index is 2.06. The van der Waals surface area contributed by atoms with Crippen LogP contribution in [0, 0.1) is 0 Å². The number of aromatic nitrogens is 1. The van der Waals surface area contributed by atoms with Crippen molar-refractivity contribution in [1.29, 1.82) is 0 Å². The number of sulfonamides is 1. The standard InChI is InChI=1S/C15H14N2O4S/c1-21-15-7-6-11(10-16-15)22(19,20)17-9-8-14(18)12-4-2-3-5-13(12)17/h2-7,10H,8-9H2,1H3. The summed E-state index contributed by atoms with van der Waals surface area (Å²) < 4.78 is 31.8. The number of Topliss-reactive ketones (excluding diaryl/α,β-unsaturated/α-hetero) is 1. The molecule has 1 aliphatic rings. The smallest absolute Gasteiger partial charge is 0.265 e. The van der Waals surface area contributed by atoms with E-state index in [1.54, 1.807) is 24.3 Å². The van der Waals surface area contributed by atoms with Gasteiger partial charge in [0.15, 0.2) is 5.78 Å². The van der Waals surface area contributed by atoms with Gasteiger partial charge in [-0.3, -0.25) is 9.10 Å². The zero-order valence-electron chi connectivity index (χ0n) is 11.9. The highest BCUT2D eigenvalue weighted by Gasteiger charge is 2.32. The zero-order chi connectivity index (χ0) is 15.7. The molecule has 1 aromatic carbocycles. The van der Waals surface area contributed by atoms with E-state index in [1.807, 2.05) is 0 Å². The number of ketones is 1. The molecule has 114 valence electrons. The first kappa shape index (κ1) is 14.5. The Morgan fingerprint density at radius 1 is 1.18 bits per heavy atom. The van der Waals surface area contributed by atoms with Gasteiger partial charge in [0.05, 0.1) is 19.0 Å². The number of ether oxygens (including phenoxy) is 1. The van der Waals surface area contributed by atoms with E-state index >= 15 is 0 Å². The summed E-state index contributed by atoms with van der Waals surface area (Å²) in [6, 6.07) is 9.66. The van der Waals surface area contributed by atoms with Gasteiger partial charge >= 0.3 is 0 Å². The first-order valence-corrected chi connectivity index (χ1v) is 8.13. The predicted octanol–water partition coefficient (Wildman–Crippen LogP) is 1.87. The Kier molecular flexibility index (Phi) is 3.58. The van der Waals surface area contributed by atoms with Crippen molar-refractivity contribution in [3.63, 3.8) is 0 Å². The molecular formula is C15H14N2O4S. The topological polar surface area (TPSA) is 76.6 Å². The maximum atomic E-state index is 12.8. The quantitative estimate of drug-likeness (QED) is 0.863. The molecule has 1 aliphatic heterocycles. The molecule has 0 aliphatic carbocycles. The largest absolute Gasteiger partial charge is 0.481 e. The number of anilines is 1. The molecule has 0 atom stereocenters. The molecule has 0 bridgehead atoms. The van der Waals surface area contributed by atoms with Gasteiger partial charge in [-0.2, -0.15) is 0 Å². The lowest BCUT2D eigenvalue weighted by atomic mass is 10.0. The SMILES string of the molecule is COc1ccc(S(=O)(=O)N2CCC(=O)c3ccccc32)cn1. The normalized spacial score (nSPS) is 14.6. The van der Waals surface area contributed by atoms with Crippen LogP contribution in [0.4, 0.5) is 5.69 Å². The van der Waals surface area contributed by atoms with E-state index in [2.05, 4.69) is 4.98 Å². The first-order valence-electron chi connectivity index (χ1n) is 6.69. The van der Waals surface area contributed by atoms with Crippen molar-refractivity contribution in [2.24, 2.45) is 0 Å². The van der Waals surface area contributed by atoms with Crippen molar-refractivity contribution in [1.82, 2.24) is 4.98 Å². The highest BCUT2D eigenvalue weighted by atomic mass is 32.2. The number of methoxy groups -OCH3 is 1. The zero-order valence-corrected chi connectivity index (χ0v) is 12.7. The van der Waals surface area contributed by atoms with E-state index in [0.29, 0.717) is 17.1 Å². The van der Waals surface area contributed by atoms with Crippen molar-refractivity contribution < 1.29 is 17.9 Å². The molecule has 0 spiro atoms. The average molecular weight is 318 g/mol. The van der Waals surface area contributed by atoms with Crippen LogP contribution in [-0.2, 0) is 10.0 Å². The molecule has 0 amide bonds. The second-order valence-corrected chi connectivity index (χ2v) is 6.67. The highest BCUT2D eigenvalue weighted by Crippen LogP contribution is 2.31. The summed E-state index contributed by atoms with van der Waals surface area (Å²) in [6.07, 6.45) is 1.42. The van der Waals surface area contributed by atoms with E-state index in [0.717, 1.165) is 0 Å². The highest BCUT2D eigenvalue weighted by molar-refractivity contribution is 7.92. The van der Waals surface area contributed by atoms with Gasteiger partial charge in [0, 0.05) is 24.6 Å². The van der Waals surface area contributed by atoms with Crippen LogP contribution in [-0.4, -0.2) is 32.8 Å². The van der Waals surface area contributed by atoms with Crippen molar-refractivity contribution in [2.75, 3.05) is 18.0 Å². The fraction of sp³-hybridized carbons (Fsp3) is 0.200. The van der Waals surface area contributed by atoms with E-state index in [4.69, 9.17) is 4.74 Å². The van der Waals surface area contributed by atoms with Crippen molar-refractivity contribution >= 4 is 21.5 Å². The maximum Gasteiger partial charge on any atom is 0.265 e. The molecule has 6 nitrogen and oxygen atoms in total. The third kappa shape index (κ3) is 2.33. The molecule has 2 aromatic rings. The van der Waals surface area contributed by atoms with Crippen LogP contribution in [0.25, 0.3) is 0 Å². The van der Waals surface area contributed by atoms with Crippen molar-refractivity contribution in [3.8, 4) is 5.88 Å². The lowest BCUT2D eigenvalue weighted by molar-refractivity contribution is 0.0982. The summed E-state index contributed by atoms with van der Waals surface area (Å²) in [6.45, 7) is 0.129. The lowest BCUT2D eigenvalue weighted by Gasteiger charge is -2.29.